The summed E-state index contributed by atoms with van der Waals surface area (Å²) in [7, 11) is -4.16. The fraction of sp³-hybridized carbons (Fsp3) is 0.200. The Morgan fingerprint density at radius 1 is 1.06 bits per heavy atom. The number of piperidine rings is 1. The molecule has 2 amide bonds. The summed E-state index contributed by atoms with van der Waals surface area (Å²) in [6.07, 6.45) is 2.39. The number of sulfonamides is 1. The molecule has 1 fully saturated rings. The predicted molar refractivity (Wildman–Crippen MR) is 134 cm³/mol. The van der Waals surface area contributed by atoms with Gasteiger partial charge in [0.15, 0.2) is 0 Å². The summed E-state index contributed by atoms with van der Waals surface area (Å²) in [6, 6.07) is 18.0. The third kappa shape index (κ3) is 6.19. The lowest BCUT2D eigenvalue weighted by molar-refractivity contribution is -0.119. The van der Waals surface area contributed by atoms with Crippen LogP contribution < -0.4 is 20.1 Å². The van der Waals surface area contributed by atoms with Gasteiger partial charge in [0.25, 0.3) is 0 Å². The highest BCUT2D eigenvalue weighted by Crippen LogP contribution is 2.32. The fourth-order valence-corrected chi connectivity index (χ4v) is 4.70. The molecular formula is C25H24ClN3O5S. The lowest BCUT2D eigenvalue weighted by Gasteiger charge is -2.26. The van der Waals surface area contributed by atoms with Crippen molar-refractivity contribution < 1.29 is 22.7 Å². The van der Waals surface area contributed by atoms with Gasteiger partial charge in [0, 0.05) is 29.4 Å². The molecule has 35 heavy (non-hydrogen) atoms. The number of carbonyl (C=O) groups excluding carboxylic acids is 2. The number of carbonyl (C=O) groups is 2. The molecule has 10 heteroatoms. The lowest BCUT2D eigenvalue weighted by Crippen LogP contribution is -2.35. The van der Waals surface area contributed by atoms with Crippen LogP contribution in [0.2, 0.25) is 5.02 Å². The van der Waals surface area contributed by atoms with Gasteiger partial charge in [-0.05, 0) is 66.9 Å². The molecule has 3 N–H and O–H groups in total. The Morgan fingerprint density at radius 2 is 1.80 bits per heavy atom. The van der Waals surface area contributed by atoms with Crippen LogP contribution in [0.1, 0.15) is 24.8 Å². The molecule has 0 aliphatic carbocycles. The fourth-order valence-electron chi connectivity index (χ4n) is 3.81. The van der Waals surface area contributed by atoms with Gasteiger partial charge >= 0.3 is 0 Å². The van der Waals surface area contributed by atoms with Crippen LogP contribution >= 0.6 is 11.6 Å². The Hall–Kier alpha value is -3.40. The SMILES string of the molecule is NS(=O)(=O)c1cc(NC(=O)Cc2ccccc2Cl)ccc1Oc1ccc(N2CCCCC2=O)cc1. The topological polar surface area (TPSA) is 119 Å². The second-order valence-corrected chi connectivity index (χ2v) is 10.1. The number of nitrogens with two attached hydrogens (primary N) is 1. The van der Waals surface area contributed by atoms with E-state index in [-0.39, 0.29) is 34.6 Å². The maximum atomic E-state index is 12.4. The van der Waals surface area contributed by atoms with E-state index in [1.165, 1.54) is 18.2 Å². The molecule has 1 saturated heterocycles. The Labute approximate surface area is 208 Å². The molecule has 0 bridgehead atoms. The molecule has 0 aromatic heterocycles. The summed E-state index contributed by atoms with van der Waals surface area (Å²) in [5, 5.41) is 8.53. The van der Waals surface area contributed by atoms with Crippen molar-refractivity contribution in [1.29, 1.82) is 0 Å². The van der Waals surface area contributed by atoms with Crippen LogP contribution in [0.5, 0.6) is 11.5 Å². The molecule has 182 valence electrons. The normalized spacial score (nSPS) is 14.0. The van der Waals surface area contributed by atoms with Crippen LogP contribution in [0, 0.1) is 0 Å². The summed E-state index contributed by atoms with van der Waals surface area (Å²) >= 11 is 6.10. The third-order valence-electron chi connectivity index (χ3n) is 5.54. The minimum absolute atomic E-state index is 0.0124. The molecule has 0 saturated carbocycles. The standard InChI is InChI=1S/C25H24ClN3O5S/c26-21-6-2-1-5-17(21)15-24(30)28-18-8-13-22(23(16-18)35(27,32)33)34-20-11-9-19(10-12-20)29-14-4-3-7-25(29)31/h1-2,5-6,8-13,16H,3-4,7,14-15H2,(H,28,30)(H2,27,32,33). The highest BCUT2D eigenvalue weighted by molar-refractivity contribution is 7.89. The first-order valence-electron chi connectivity index (χ1n) is 11.0. The summed E-state index contributed by atoms with van der Waals surface area (Å²) < 4.78 is 30.3. The number of rotatable bonds is 7. The van der Waals surface area contributed by atoms with E-state index in [2.05, 4.69) is 5.32 Å². The van der Waals surface area contributed by atoms with Crippen LogP contribution in [-0.2, 0) is 26.0 Å². The van der Waals surface area contributed by atoms with Gasteiger partial charge in [-0.15, -0.1) is 0 Å². The van der Waals surface area contributed by atoms with Gasteiger partial charge < -0.3 is 15.0 Å². The first kappa shape index (κ1) is 24.7. The molecule has 0 atom stereocenters. The number of nitrogens with zero attached hydrogens (tertiary/aromatic N) is 1. The van der Waals surface area contributed by atoms with Crippen LogP contribution in [-0.4, -0.2) is 26.8 Å². The average molecular weight is 514 g/mol. The average Bonchev–Trinajstić information content (AvgIpc) is 2.82. The highest BCUT2D eigenvalue weighted by atomic mass is 35.5. The molecule has 0 radical (unpaired) electrons. The van der Waals surface area contributed by atoms with Gasteiger partial charge in [0.2, 0.25) is 21.8 Å². The number of benzene rings is 3. The van der Waals surface area contributed by atoms with Crippen molar-refractivity contribution in [2.24, 2.45) is 5.14 Å². The maximum Gasteiger partial charge on any atom is 0.241 e. The zero-order valence-corrected chi connectivity index (χ0v) is 20.3. The van der Waals surface area contributed by atoms with Gasteiger partial charge in [-0.3, -0.25) is 9.59 Å². The molecule has 0 spiro atoms. The zero-order valence-electron chi connectivity index (χ0n) is 18.7. The number of hydrogen-bond donors (Lipinski definition) is 2. The predicted octanol–water partition coefficient (Wildman–Crippen LogP) is 4.48. The maximum absolute atomic E-state index is 12.4. The Bertz CT molecular complexity index is 1360. The third-order valence-corrected chi connectivity index (χ3v) is 6.84. The van der Waals surface area contributed by atoms with Gasteiger partial charge in [-0.25, -0.2) is 13.6 Å². The first-order chi connectivity index (χ1) is 16.7. The minimum Gasteiger partial charge on any atom is -0.456 e. The van der Waals surface area contributed by atoms with Crippen molar-refractivity contribution in [3.05, 3.63) is 77.3 Å². The number of ether oxygens (including phenoxy) is 1. The van der Waals surface area contributed by atoms with Gasteiger partial charge in [0.05, 0.1) is 6.42 Å². The monoisotopic (exact) mass is 513 g/mol. The van der Waals surface area contributed by atoms with E-state index in [0.29, 0.717) is 29.3 Å². The Kier molecular flexibility index (Phi) is 7.39. The zero-order chi connectivity index (χ0) is 25.0. The smallest absolute Gasteiger partial charge is 0.241 e. The van der Waals surface area contributed by atoms with Gasteiger partial charge in [-0.2, -0.15) is 0 Å². The van der Waals surface area contributed by atoms with E-state index in [0.717, 1.165) is 18.5 Å². The van der Waals surface area contributed by atoms with E-state index in [1.54, 1.807) is 53.4 Å². The number of nitrogens with one attached hydrogen (secondary N) is 1. The van der Waals surface area contributed by atoms with Crippen LogP contribution in [0.3, 0.4) is 0 Å². The second kappa shape index (κ2) is 10.5. The molecule has 1 aliphatic heterocycles. The van der Waals surface area contributed by atoms with E-state index in [4.69, 9.17) is 21.5 Å². The molecule has 8 nitrogen and oxygen atoms in total. The van der Waals surface area contributed by atoms with Gasteiger partial charge in [0.1, 0.15) is 16.4 Å². The van der Waals surface area contributed by atoms with Crippen LogP contribution in [0.25, 0.3) is 0 Å². The largest absolute Gasteiger partial charge is 0.456 e. The van der Waals surface area contributed by atoms with Crippen molar-refractivity contribution >= 4 is 44.8 Å². The van der Waals surface area contributed by atoms with Crippen LogP contribution in [0.4, 0.5) is 11.4 Å². The molecule has 3 aromatic carbocycles. The summed E-state index contributed by atoms with van der Waals surface area (Å²) in [5.41, 5.74) is 1.65. The summed E-state index contributed by atoms with van der Waals surface area (Å²) in [6.45, 7) is 0.665. The molecule has 1 aliphatic rings. The van der Waals surface area contributed by atoms with Crippen molar-refractivity contribution in [1.82, 2.24) is 0 Å². The summed E-state index contributed by atoms with van der Waals surface area (Å²) in [5.74, 6) is 0.0978. The van der Waals surface area contributed by atoms with Crippen LogP contribution in [0.15, 0.2) is 71.6 Å². The van der Waals surface area contributed by atoms with Crippen molar-refractivity contribution in [3.8, 4) is 11.5 Å². The van der Waals surface area contributed by atoms with E-state index in [9.17, 15) is 18.0 Å². The lowest BCUT2D eigenvalue weighted by atomic mass is 10.1. The molecule has 4 rings (SSSR count). The second-order valence-electron chi connectivity index (χ2n) is 8.12. The molecular weight excluding hydrogens is 490 g/mol. The minimum atomic E-state index is -4.16. The first-order valence-corrected chi connectivity index (χ1v) is 12.9. The molecule has 3 aromatic rings. The van der Waals surface area contributed by atoms with E-state index >= 15 is 0 Å². The number of halogens is 1. The summed E-state index contributed by atoms with van der Waals surface area (Å²) in [4.78, 5) is 26.0. The van der Waals surface area contributed by atoms with E-state index < -0.39 is 10.0 Å². The molecule has 0 unspecified atom stereocenters. The highest BCUT2D eigenvalue weighted by Gasteiger charge is 2.21. The Balaban J connectivity index is 1.51. The van der Waals surface area contributed by atoms with E-state index in [1.807, 2.05) is 0 Å². The van der Waals surface area contributed by atoms with Gasteiger partial charge in [-0.1, -0.05) is 29.8 Å². The number of primary sulfonamides is 1. The number of amides is 2. The molecule has 1 heterocycles. The van der Waals surface area contributed by atoms with Crippen molar-refractivity contribution in [2.75, 3.05) is 16.8 Å². The quantitative estimate of drug-likeness (QED) is 0.483. The van der Waals surface area contributed by atoms with Crippen molar-refractivity contribution in [3.63, 3.8) is 0 Å². The number of anilines is 2. The Morgan fingerprint density at radius 3 is 2.49 bits per heavy atom. The van der Waals surface area contributed by atoms with Crippen molar-refractivity contribution in [2.45, 2.75) is 30.6 Å². The number of hydrogen-bond acceptors (Lipinski definition) is 5.